The SMILES string of the molecule is COc1ccccc1NS(=O)(=O)c1cccc(C(=O)NNS(=O)(=O)c2ccc(OC(F)(F)F)cc2)c1. The molecule has 0 fully saturated rings. The molecule has 0 atom stereocenters. The largest absolute Gasteiger partial charge is 0.573 e. The second kappa shape index (κ2) is 10.4. The van der Waals surface area contributed by atoms with Crippen LogP contribution in [-0.4, -0.2) is 36.2 Å². The molecule has 3 aromatic carbocycles. The van der Waals surface area contributed by atoms with Crippen molar-refractivity contribution in [2.24, 2.45) is 0 Å². The number of sulfonamides is 2. The number of ether oxygens (including phenoxy) is 2. The number of amides is 1. The topological polar surface area (TPSA) is 140 Å². The third-order valence-corrected chi connectivity index (χ3v) is 7.05. The predicted octanol–water partition coefficient (Wildman–Crippen LogP) is 3.02. The predicted molar refractivity (Wildman–Crippen MR) is 121 cm³/mol. The fourth-order valence-electron chi connectivity index (χ4n) is 2.80. The molecule has 0 aliphatic heterocycles. The molecule has 1 amide bonds. The van der Waals surface area contributed by atoms with Crippen molar-refractivity contribution >= 4 is 31.6 Å². The molecule has 0 bridgehead atoms. The van der Waals surface area contributed by atoms with Gasteiger partial charge in [-0.3, -0.25) is 14.9 Å². The Morgan fingerprint density at radius 3 is 2.14 bits per heavy atom. The molecule has 0 saturated carbocycles. The second-order valence-corrected chi connectivity index (χ2v) is 10.3. The molecule has 0 saturated heterocycles. The summed E-state index contributed by atoms with van der Waals surface area (Å²) in [6.07, 6.45) is -4.95. The number of hydrogen-bond donors (Lipinski definition) is 3. The Balaban J connectivity index is 1.71. The van der Waals surface area contributed by atoms with Gasteiger partial charge in [0.1, 0.15) is 11.5 Å². The van der Waals surface area contributed by atoms with Gasteiger partial charge in [-0.15, -0.1) is 18.0 Å². The third-order valence-electron chi connectivity index (χ3n) is 4.42. The number of carbonyl (C=O) groups is 1. The number of carbonyl (C=O) groups excluding carboxylic acids is 1. The summed E-state index contributed by atoms with van der Waals surface area (Å²) in [5, 5.41) is 0. The van der Waals surface area contributed by atoms with Gasteiger partial charge in [0.05, 0.1) is 22.6 Å². The summed E-state index contributed by atoms with van der Waals surface area (Å²) in [6, 6.07) is 14.3. The lowest BCUT2D eigenvalue weighted by atomic mass is 10.2. The van der Waals surface area contributed by atoms with Crippen LogP contribution in [-0.2, 0) is 20.0 Å². The van der Waals surface area contributed by atoms with Crippen LogP contribution in [0.15, 0.2) is 82.6 Å². The number of anilines is 1. The Bertz CT molecular complexity index is 1460. The van der Waals surface area contributed by atoms with Gasteiger partial charge in [0.15, 0.2) is 0 Å². The molecule has 10 nitrogen and oxygen atoms in total. The molecule has 0 aliphatic carbocycles. The number of para-hydroxylation sites is 2. The number of benzene rings is 3. The van der Waals surface area contributed by atoms with Crippen molar-refractivity contribution < 1.29 is 44.3 Å². The minimum atomic E-state index is -4.95. The molecule has 0 heterocycles. The number of rotatable bonds is 9. The van der Waals surface area contributed by atoms with Gasteiger partial charge in [-0.1, -0.05) is 18.2 Å². The van der Waals surface area contributed by atoms with Crippen LogP contribution in [0.1, 0.15) is 10.4 Å². The van der Waals surface area contributed by atoms with Crippen LogP contribution in [0.4, 0.5) is 18.9 Å². The summed E-state index contributed by atoms with van der Waals surface area (Å²) in [5.41, 5.74) is 1.88. The van der Waals surface area contributed by atoms with Crippen LogP contribution < -0.4 is 24.5 Å². The molecule has 0 aliphatic rings. The standard InChI is InChI=1S/C21H18F3N3O7S2/c1-33-19-8-3-2-7-18(19)26-35(29,30)17-6-4-5-14(13-17)20(28)25-27-36(31,32)16-11-9-15(10-12-16)34-21(22,23)24/h2-13,26-27H,1H3,(H,25,28). The first-order valence-electron chi connectivity index (χ1n) is 9.74. The zero-order chi connectivity index (χ0) is 26.6. The van der Waals surface area contributed by atoms with Crippen molar-refractivity contribution in [2.45, 2.75) is 16.2 Å². The fraction of sp³-hybridized carbons (Fsp3) is 0.0952. The van der Waals surface area contributed by atoms with E-state index in [1.54, 1.807) is 23.0 Å². The molecule has 3 rings (SSSR count). The lowest BCUT2D eigenvalue weighted by molar-refractivity contribution is -0.274. The molecule has 0 unspecified atom stereocenters. The van der Waals surface area contributed by atoms with Crippen LogP contribution in [0.2, 0.25) is 0 Å². The summed E-state index contributed by atoms with van der Waals surface area (Å²) in [5.74, 6) is -1.36. The van der Waals surface area contributed by atoms with E-state index in [-0.39, 0.29) is 21.9 Å². The van der Waals surface area contributed by atoms with Crippen LogP contribution in [0.3, 0.4) is 0 Å². The van der Waals surface area contributed by atoms with Crippen molar-refractivity contribution in [2.75, 3.05) is 11.8 Å². The maximum Gasteiger partial charge on any atom is 0.573 e. The Kier molecular flexibility index (Phi) is 7.76. The lowest BCUT2D eigenvalue weighted by Gasteiger charge is -2.13. The van der Waals surface area contributed by atoms with Gasteiger partial charge in [-0.05, 0) is 54.6 Å². The minimum Gasteiger partial charge on any atom is -0.495 e. The molecular formula is C21H18F3N3O7S2. The average molecular weight is 546 g/mol. The number of nitrogens with one attached hydrogen (secondary N) is 3. The molecular weight excluding hydrogens is 527 g/mol. The normalized spacial score (nSPS) is 12.0. The number of alkyl halides is 3. The molecule has 192 valence electrons. The van der Waals surface area contributed by atoms with Gasteiger partial charge >= 0.3 is 6.36 Å². The fourth-order valence-corrected chi connectivity index (χ4v) is 4.76. The van der Waals surface area contributed by atoms with Gasteiger partial charge in [-0.25, -0.2) is 16.8 Å². The maximum atomic E-state index is 12.8. The van der Waals surface area contributed by atoms with Gasteiger partial charge in [0.2, 0.25) is 0 Å². The van der Waals surface area contributed by atoms with E-state index in [4.69, 9.17) is 4.74 Å². The summed E-state index contributed by atoms with van der Waals surface area (Å²) in [4.78, 5) is 13.5. The number of methoxy groups -OCH3 is 1. The Hall–Kier alpha value is -3.82. The second-order valence-electron chi connectivity index (χ2n) is 6.91. The van der Waals surface area contributed by atoms with Gasteiger partial charge < -0.3 is 9.47 Å². The third kappa shape index (κ3) is 6.87. The monoisotopic (exact) mass is 545 g/mol. The zero-order valence-corrected chi connectivity index (χ0v) is 19.9. The summed E-state index contributed by atoms with van der Waals surface area (Å²) >= 11 is 0. The van der Waals surface area contributed by atoms with Crippen molar-refractivity contribution in [3.05, 3.63) is 78.4 Å². The summed E-state index contributed by atoms with van der Waals surface area (Å²) in [6.45, 7) is 0. The number of hydrogen-bond acceptors (Lipinski definition) is 7. The Morgan fingerprint density at radius 1 is 0.833 bits per heavy atom. The molecule has 0 aromatic heterocycles. The quantitative estimate of drug-likeness (QED) is 0.351. The first-order valence-corrected chi connectivity index (χ1v) is 12.7. The van der Waals surface area contributed by atoms with Crippen molar-refractivity contribution in [3.8, 4) is 11.5 Å². The highest BCUT2D eigenvalue weighted by Crippen LogP contribution is 2.26. The van der Waals surface area contributed by atoms with E-state index in [9.17, 15) is 34.8 Å². The first kappa shape index (κ1) is 26.8. The lowest BCUT2D eigenvalue weighted by Crippen LogP contribution is -2.41. The average Bonchev–Trinajstić information content (AvgIpc) is 2.82. The zero-order valence-electron chi connectivity index (χ0n) is 18.2. The molecule has 0 spiro atoms. The maximum absolute atomic E-state index is 12.8. The van der Waals surface area contributed by atoms with Crippen molar-refractivity contribution in [3.63, 3.8) is 0 Å². The number of hydrazine groups is 1. The number of halogens is 3. The van der Waals surface area contributed by atoms with E-state index in [0.717, 1.165) is 30.3 Å². The molecule has 15 heteroatoms. The van der Waals surface area contributed by atoms with Crippen LogP contribution in [0.25, 0.3) is 0 Å². The Labute approximate surface area is 204 Å². The molecule has 3 N–H and O–H groups in total. The van der Waals surface area contributed by atoms with E-state index in [0.29, 0.717) is 0 Å². The Morgan fingerprint density at radius 2 is 1.50 bits per heavy atom. The smallest absolute Gasteiger partial charge is 0.495 e. The van der Waals surface area contributed by atoms with Gasteiger partial charge in [-0.2, -0.15) is 0 Å². The van der Waals surface area contributed by atoms with Crippen LogP contribution in [0, 0.1) is 0 Å². The highest BCUT2D eigenvalue weighted by atomic mass is 32.2. The summed E-state index contributed by atoms with van der Waals surface area (Å²) < 4.78 is 98.1. The molecule has 3 aromatic rings. The summed E-state index contributed by atoms with van der Waals surface area (Å²) in [7, 11) is -7.16. The van der Waals surface area contributed by atoms with Gasteiger partial charge in [0.25, 0.3) is 26.0 Å². The first-order chi connectivity index (χ1) is 16.8. The van der Waals surface area contributed by atoms with E-state index in [1.807, 2.05) is 5.43 Å². The van der Waals surface area contributed by atoms with E-state index < -0.39 is 43.0 Å². The minimum absolute atomic E-state index is 0.161. The molecule has 36 heavy (non-hydrogen) atoms. The van der Waals surface area contributed by atoms with Crippen LogP contribution in [0.5, 0.6) is 11.5 Å². The van der Waals surface area contributed by atoms with Crippen molar-refractivity contribution in [1.29, 1.82) is 0 Å². The van der Waals surface area contributed by atoms with E-state index in [2.05, 4.69) is 9.46 Å². The van der Waals surface area contributed by atoms with E-state index in [1.165, 1.54) is 31.4 Å². The van der Waals surface area contributed by atoms with Crippen LogP contribution >= 0.6 is 0 Å². The molecule has 0 radical (unpaired) electrons. The highest BCUT2D eigenvalue weighted by Gasteiger charge is 2.31. The van der Waals surface area contributed by atoms with Gasteiger partial charge in [0, 0.05) is 5.56 Å². The van der Waals surface area contributed by atoms with E-state index >= 15 is 0 Å². The highest BCUT2D eigenvalue weighted by molar-refractivity contribution is 7.92. The van der Waals surface area contributed by atoms with Crippen molar-refractivity contribution in [1.82, 2.24) is 10.3 Å².